The highest BCUT2D eigenvalue weighted by molar-refractivity contribution is 7.18. The molecule has 0 aliphatic carbocycles. The summed E-state index contributed by atoms with van der Waals surface area (Å²) in [7, 11) is 3.08. The van der Waals surface area contributed by atoms with Crippen molar-refractivity contribution in [3.05, 3.63) is 65.7 Å². The van der Waals surface area contributed by atoms with Gasteiger partial charge in [-0.1, -0.05) is 47.7 Å². The van der Waals surface area contributed by atoms with E-state index in [1.54, 1.807) is 25.2 Å². The summed E-state index contributed by atoms with van der Waals surface area (Å²) in [5.41, 5.74) is 2.62. The molecule has 0 radical (unpaired) electrons. The largest absolute Gasteiger partial charge is 0.512 e. The molecule has 1 amide bonds. The van der Waals surface area contributed by atoms with Gasteiger partial charge in [-0.05, 0) is 36.2 Å². The summed E-state index contributed by atoms with van der Waals surface area (Å²) >= 11 is 1.17. The molecule has 0 aliphatic heterocycles. The number of ether oxygens (including phenoxy) is 2. The number of nitrogens with zero attached hydrogens (tertiary/aromatic N) is 1. The predicted molar refractivity (Wildman–Crippen MR) is 109 cm³/mol. The highest BCUT2D eigenvalue weighted by Gasteiger charge is 2.24. The topological polar surface area (TPSA) is 76.1 Å². The first-order valence-corrected chi connectivity index (χ1v) is 9.25. The molecule has 0 bridgehead atoms. The van der Waals surface area contributed by atoms with Gasteiger partial charge in [-0.25, -0.2) is 4.79 Å². The molecule has 6 nitrogen and oxygen atoms in total. The van der Waals surface area contributed by atoms with Crippen molar-refractivity contribution in [3.63, 3.8) is 0 Å². The van der Waals surface area contributed by atoms with E-state index in [4.69, 9.17) is 14.6 Å². The molecule has 0 fully saturated rings. The number of carbonyl (C=O) groups excluding carboxylic acids is 1. The summed E-state index contributed by atoms with van der Waals surface area (Å²) < 4.78 is 10.3. The molecule has 0 aliphatic rings. The number of hydrogen-bond acceptors (Lipinski definition) is 5. The second kappa shape index (κ2) is 8.14. The van der Waals surface area contributed by atoms with Crippen LogP contribution < -0.4 is 14.4 Å². The summed E-state index contributed by atoms with van der Waals surface area (Å²) in [5, 5.41) is 9.21. The SMILES string of the molecule is COc1cc(C)ccc1C(=O)N(C)c1cc(-c2ccccc2)sc1OC(=O)O. The van der Waals surface area contributed by atoms with Gasteiger partial charge in [0.1, 0.15) is 5.75 Å². The van der Waals surface area contributed by atoms with Gasteiger partial charge < -0.3 is 19.5 Å². The van der Waals surface area contributed by atoms with E-state index in [1.807, 2.05) is 43.3 Å². The van der Waals surface area contributed by atoms with Gasteiger partial charge in [0.15, 0.2) is 0 Å². The van der Waals surface area contributed by atoms with E-state index in [0.717, 1.165) is 16.0 Å². The second-order valence-corrected chi connectivity index (χ2v) is 7.10. The molecule has 0 spiro atoms. The van der Waals surface area contributed by atoms with Crippen LogP contribution in [0.2, 0.25) is 0 Å². The molecule has 0 saturated carbocycles. The van der Waals surface area contributed by atoms with Crippen LogP contribution in [0, 0.1) is 6.92 Å². The van der Waals surface area contributed by atoms with Gasteiger partial charge in [0.25, 0.3) is 5.91 Å². The molecule has 2 aromatic carbocycles. The van der Waals surface area contributed by atoms with Crippen molar-refractivity contribution in [2.45, 2.75) is 6.92 Å². The maximum absolute atomic E-state index is 13.1. The fraction of sp³-hybridized carbons (Fsp3) is 0.143. The highest BCUT2D eigenvalue weighted by Crippen LogP contribution is 2.43. The summed E-state index contributed by atoms with van der Waals surface area (Å²) in [6.45, 7) is 1.91. The molecule has 28 heavy (non-hydrogen) atoms. The Morgan fingerprint density at radius 3 is 2.43 bits per heavy atom. The summed E-state index contributed by atoms with van der Waals surface area (Å²) in [4.78, 5) is 26.4. The minimum absolute atomic E-state index is 0.133. The third-order valence-corrected chi connectivity index (χ3v) is 5.22. The number of carboxylic acid groups (broad SMARTS) is 1. The number of anilines is 1. The first kappa shape index (κ1) is 19.4. The molecule has 144 valence electrons. The molecule has 7 heteroatoms. The Balaban J connectivity index is 2.02. The van der Waals surface area contributed by atoms with Crippen molar-refractivity contribution >= 4 is 29.1 Å². The van der Waals surface area contributed by atoms with Crippen LogP contribution in [0.3, 0.4) is 0 Å². The lowest BCUT2D eigenvalue weighted by molar-refractivity contribution is 0.0988. The van der Waals surface area contributed by atoms with Crippen LogP contribution in [-0.4, -0.2) is 31.3 Å². The van der Waals surface area contributed by atoms with Crippen LogP contribution in [0.4, 0.5) is 10.5 Å². The van der Waals surface area contributed by atoms with Crippen LogP contribution in [0.25, 0.3) is 10.4 Å². The standard InChI is InChI=1S/C21H19NO5S/c1-13-9-10-15(17(11-13)26-3)19(23)22(2)16-12-18(14-7-5-4-6-8-14)28-20(16)27-21(24)25/h4-12H,1-3H3,(H,24,25). The van der Waals surface area contributed by atoms with Crippen molar-refractivity contribution < 1.29 is 24.2 Å². The van der Waals surface area contributed by atoms with E-state index >= 15 is 0 Å². The Morgan fingerprint density at radius 2 is 1.79 bits per heavy atom. The number of hydrogen-bond donors (Lipinski definition) is 1. The molecule has 1 heterocycles. The van der Waals surface area contributed by atoms with Gasteiger partial charge in [0.2, 0.25) is 5.06 Å². The molecule has 0 atom stereocenters. The van der Waals surface area contributed by atoms with E-state index in [9.17, 15) is 9.59 Å². The van der Waals surface area contributed by atoms with E-state index in [-0.39, 0.29) is 11.0 Å². The van der Waals surface area contributed by atoms with Crippen LogP contribution in [-0.2, 0) is 0 Å². The fourth-order valence-corrected chi connectivity index (χ4v) is 3.80. The number of thiophene rings is 1. The number of methoxy groups -OCH3 is 1. The first-order valence-electron chi connectivity index (χ1n) is 8.43. The van der Waals surface area contributed by atoms with Crippen molar-refractivity contribution in [2.75, 3.05) is 19.1 Å². The molecule has 3 aromatic rings. The van der Waals surface area contributed by atoms with E-state index in [1.165, 1.54) is 23.3 Å². The smallest absolute Gasteiger partial charge is 0.496 e. The van der Waals surface area contributed by atoms with Crippen LogP contribution >= 0.6 is 11.3 Å². The zero-order valence-corrected chi connectivity index (χ0v) is 16.4. The van der Waals surface area contributed by atoms with Crippen molar-refractivity contribution in [1.29, 1.82) is 0 Å². The lowest BCUT2D eigenvalue weighted by Crippen LogP contribution is -2.27. The molecule has 3 rings (SSSR count). The molecule has 0 saturated heterocycles. The monoisotopic (exact) mass is 397 g/mol. The van der Waals surface area contributed by atoms with Gasteiger partial charge in [-0.15, -0.1) is 0 Å². The van der Waals surface area contributed by atoms with Gasteiger partial charge in [-0.3, -0.25) is 4.79 Å². The first-order chi connectivity index (χ1) is 13.4. The highest BCUT2D eigenvalue weighted by atomic mass is 32.1. The maximum atomic E-state index is 13.1. The summed E-state index contributed by atoms with van der Waals surface area (Å²) in [6.07, 6.45) is -1.43. The van der Waals surface area contributed by atoms with Crippen LogP contribution in [0.5, 0.6) is 10.8 Å². The third-order valence-electron chi connectivity index (χ3n) is 4.17. The number of rotatable bonds is 5. The van der Waals surface area contributed by atoms with Gasteiger partial charge in [-0.2, -0.15) is 0 Å². The minimum atomic E-state index is -1.43. The predicted octanol–water partition coefficient (Wildman–Crippen LogP) is 5.07. The van der Waals surface area contributed by atoms with Crippen molar-refractivity contribution in [3.8, 4) is 21.3 Å². The Bertz CT molecular complexity index is 1010. The Hall–Kier alpha value is -3.32. The van der Waals surface area contributed by atoms with Gasteiger partial charge in [0.05, 0.1) is 18.4 Å². The van der Waals surface area contributed by atoms with E-state index < -0.39 is 6.16 Å². The molecule has 0 unspecified atom stereocenters. The maximum Gasteiger partial charge on any atom is 0.512 e. The lowest BCUT2D eigenvalue weighted by atomic mass is 10.1. The Morgan fingerprint density at radius 1 is 1.07 bits per heavy atom. The number of carbonyl (C=O) groups is 2. The zero-order valence-electron chi connectivity index (χ0n) is 15.6. The normalized spacial score (nSPS) is 10.4. The lowest BCUT2D eigenvalue weighted by Gasteiger charge is -2.18. The van der Waals surface area contributed by atoms with Crippen molar-refractivity contribution in [1.82, 2.24) is 0 Å². The Kier molecular flexibility index (Phi) is 5.65. The van der Waals surface area contributed by atoms with Gasteiger partial charge in [0, 0.05) is 11.9 Å². The molecular formula is C21H19NO5S. The van der Waals surface area contributed by atoms with Crippen LogP contribution in [0.1, 0.15) is 15.9 Å². The second-order valence-electron chi connectivity index (χ2n) is 6.09. The average molecular weight is 397 g/mol. The minimum Gasteiger partial charge on any atom is -0.496 e. The molecule has 1 N–H and O–H groups in total. The van der Waals surface area contributed by atoms with Gasteiger partial charge >= 0.3 is 6.16 Å². The Labute approximate surface area is 166 Å². The van der Waals surface area contributed by atoms with E-state index in [0.29, 0.717) is 17.0 Å². The third kappa shape index (κ3) is 3.99. The quantitative estimate of drug-likeness (QED) is 0.609. The van der Waals surface area contributed by atoms with Crippen LogP contribution in [0.15, 0.2) is 54.6 Å². The average Bonchev–Trinajstić information content (AvgIpc) is 3.10. The number of benzene rings is 2. The number of aryl methyl sites for hydroxylation is 1. The zero-order chi connectivity index (χ0) is 20.3. The summed E-state index contributed by atoms with van der Waals surface area (Å²) in [5.74, 6) is 0.126. The fourth-order valence-electron chi connectivity index (χ4n) is 2.76. The molecular weight excluding hydrogens is 378 g/mol. The molecule has 1 aromatic heterocycles. The number of amides is 1. The van der Waals surface area contributed by atoms with Crippen molar-refractivity contribution in [2.24, 2.45) is 0 Å². The van der Waals surface area contributed by atoms with E-state index in [2.05, 4.69) is 0 Å². The summed E-state index contributed by atoms with van der Waals surface area (Å²) in [6, 6.07) is 16.5.